The first-order valence-corrected chi connectivity index (χ1v) is 7.74. The summed E-state index contributed by atoms with van der Waals surface area (Å²) < 4.78 is 7.75. The molecule has 1 aromatic heterocycles. The number of hydrogen-bond donors (Lipinski definition) is 1. The van der Waals surface area contributed by atoms with E-state index in [4.69, 9.17) is 33.7 Å². The summed E-state index contributed by atoms with van der Waals surface area (Å²) in [6, 6.07) is 11.0. The molecule has 1 heterocycles. The summed E-state index contributed by atoms with van der Waals surface area (Å²) in [6.45, 7) is 0.517. The van der Waals surface area contributed by atoms with Gasteiger partial charge >= 0.3 is 0 Å². The highest BCUT2D eigenvalue weighted by atomic mass is 35.5. The smallest absolute Gasteiger partial charge is 0.130 e. The number of benzene rings is 2. The lowest BCUT2D eigenvalue weighted by molar-refractivity contribution is 0.476. The van der Waals surface area contributed by atoms with Crippen molar-refractivity contribution in [2.45, 2.75) is 6.42 Å². The van der Waals surface area contributed by atoms with Crippen molar-refractivity contribution in [2.24, 2.45) is 5.73 Å². The molecule has 3 aromatic rings. The molecule has 0 unspecified atom stereocenters. The molecular formula is C16H14Cl2N4O. The Kier molecular flexibility index (Phi) is 4.81. The molecule has 0 saturated heterocycles. The molecule has 0 fully saturated rings. The van der Waals surface area contributed by atoms with Crippen LogP contribution in [0.1, 0.15) is 5.56 Å². The molecule has 23 heavy (non-hydrogen) atoms. The minimum absolute atomic E-state index is 0.450. The van der Waals surface area contributed by atoms with Crippen LogP contribution in [0.3, 0.4) is 0 Å². The molecular weight excluding hydrogens is 335 g/mol. The number of hydrogen-bond acceptors (Lipinski definition) is 4. The molecule has 0 aliphatic heterocycles. The van der Waals surface area contributed by atoms with Gasteiger partial charge in [-0.1, -0.05) is 23.2 Å². The van der Waals surface area contributed by atoms with Gasteiger partial charge in [-0.25, -0.2) is 0 Å². The van der Waals surface area contributed by atoms with Gasteiger partial charge in [-0.15, -0.1) is 10.2 Å². The number of halogens is 2. The van der Waals surface area contributed by atoms with Gasteiger partial charge in [-0.3, -0.25) is 4.57 Å². The van der Waals surface area contributed by atoms with Crippen LogP contribution in [0.2, 0.25) is 10.0 Å². The number of nitrogens with two attached hydrogens (primary N) is 1. The quantitative estimate of drug-likeness (QED) is 0.759. The standard InChI is InChI=1S/C16H14Cl2N4O/c17-14-3-2-13(8-15(14)18)23-16-4-1-12(7-11(16)5-6-19)22-9-20-21-10-22/h1-4,7-10H,5-6,19H2. The van der Waals surface area contributed by atoms with Crippen LogP contribution in [-0.2, 0) is 6.42 Å². The fourth-order valence-corrected chi connectivity index (χ4v) is 2.47. The van der Waals surface area contributed by atoms with E-state index in [-0.39, 0.29) is 0 Å². The van der Waals surface area contributed by atoms with Gasteiger partial charge in [0.1, 0.15) is 24.2 Å². The number of nitrogens with zero attached hydrogens (tertiary/aromatic N) is 3. The van der Waals surface area contributed by atoms with Gasteiger partial charge in [-0.05, 0) is 48.9 Å². The monoisotopic (exact) mass is 348 g/mol. The summed E-state index contributed by atoms with van der Waals surface area (Å²) in [7, 11) is 0. The Labute approximate surface area is 143 Å². The van der Waals surface area contributed by atoms with Crippen LogP contribution in [0, 0.1) is 0 Å². The number of aromatic nitrogens is 3. The Balaban J connectivity index is 1.93. The fourth-order valence-electron chi connectivity index (χ4n) is 2.18. The maximum absolute atomic E-state index is 6.02. The van der Waals surface area contributed by atoms with Crippen molar-refractivity contribution in [3.8, 4) is 17.2 Å². The molecule has 0 aliphatic rings. The summed E-state index contributed by atoms with van der Waals surface area (Å²) in [4.78, 5) is 0. The van der Waals surface area contributed by atoms with Gasteiger partial charge in [-0.2, -0.15) is 0 Å². The molecule has 0 atom stereocenters. The van der Waals surface area contributed by atoms with E-state index in [2.05, 4.69) is 10.2 Å². The maximum Gasteiger partial charge on any atom is 0.130 e. The molecule has 0 spiro atoms. The second kappa shape index (κ2) is 7.00. The van der Waals surface area contributed by atoms with Gasteiger partial charge < -0.3 is 10.5 Å². The number of ether oxygens (including phenoxy) is 1. The third-order valence-electron chi connectivity index (χ3n) is 3.29. The molecule has 5 nitrogen and oxygen atoms in total. The molecule has 7 heteroatoms. The zero-order chi connectivity index (χ0) is 16.2. The van der Waals surface area contributed by atoms with E-state index < -0.39 is 0 Å². The first kappa shape index (κ1) is 15.8. The van der Waals surface area contributed by atoms with Crippen molar-refractivity contribution < 1.29 is 4.74 Å². The van der Waals surface area contributed by atoms with Crippen molar-refractivity contribution in [1.82, 2.24) is 14.8 Å². The van der Waals surface area contributed by atoms with Crippen LogP contribution in [0.25, 0.3) is 5.69 Å². The molecule has 0 amide bonds. The van der Waals surface area contributed by atoms with E-state index in [0.29, 0.717) is 28.8 Å². The highest BCUT2D eigenvalue weighted by molar-refractivity contribution is 6.42. The van der Waals surface area contributed by atoms with Gasteiger partial charge in [0.15, 0.2) is 0 Å². The summed E-state index contributed by atoms with van der Waals surface area (Å²) in [5.74, 6) is 1.35. The SMILES string of the molecule is NCCc1cc(-n2cnnc2)ccc1Oc1ccc(Cl)c(Cl)c1. The molecule has 2 aromatic carbocycles. The molecule has 3 rings (SSSR count). The first-order chi connectivity index (χ1) is 11.2. The van der Waals surface area contributed by atoms with E-state index in [1.54, 1.807) is 30.9 Å². The lowest BCUT2D eigenvalue weighted by Gasteiger charge is -2.13. The average molecular weight is 349 g/mol. The summed E-state index contributed by atoms with van der Waals surface area (Å²) in [5.41, 5.74) is 7.64. The Morgan fingerprint density at radius 1 is 1.00 bits per heavy atom. The molecule has 2 N–H and O–H groups in total. The van der Waals surface area contributed by atoms with Gasteiger partial charge in [0.05, 0.1) is 10.0 Å². The Morgan fingerprint density at radius 2 is 1.78 bits per heavy atom. The maximum atomic E-state index is 6.02. The van der Waals surface area contributed by atoms with E-state index in [1.807, 2.05) is 22.8 Å². The van der Waals surface area contributed by atoms with Crippen LogP contribution < -0.4 is 10.5 Å². The molecule has 0 bridgehead atoms. The van der Waals surface area contributed by atoms with Crippen molar-refractivity contribution in [3.05, 3.63) is 64.7 Å². The van der Waals surface area contributed by atoms with Crippen LogP contribution in [-0.4, -0.2) is 21.3 Å². The first-order valence-electron chi connectivity index (χ1n) is 6.98. The predicted octanol–water partition coefficient (Wildman–Crippen LogP) is 3.87. The minimum atomic E-state index is 0.450. The predicted molar refractivity (Wildman–Crippen MR) is 90.7 cm³/mol. The second-order valence-electron chi connectivity index (χ2n) is 4.88. The molecule has 118 valence electrons. The lowest BCUT2D eigenvalue weighted by atomic mass is 10.1. The normalized spacial score (nSPS) is 10.7. The topological polar surface area (TPSA) is 66.0 Å². The summed E-state index contributed by atoms with van der Waals surface area (Å²) in [6.07, 6.45) is 3.97. The molecule has 0 radical (unpaired) electrons. The van der Waals surface area contributed by atoms with Gasteiger partial charge in [0, 0.05) is 11.8 Å². The zero-order valence-corrected chi connectivity index (χ0v) is 13.6. The average Bonchev–Trinajstić information content (AvgIpc) is 3.07. The van der Waals surface area contributed by atoms with Crippen molar-refractivity contribution >= 4 is 23.2 Å². The van der Waals surface area contributed by atoms with Crippen LogP contribution in [0.15, 0.2) is 49.1 Å². The van der Waals surface area contributed by atoms with Gasteiger partial charge in [0.25, 0.3) is 0 Å². The fraction of sp³-hybridized carbons (Fsp3) is 0.125. The van der Waals surface area contributed by atoms with Crippen LogP contribution in [0.4, 0.5) is 0 Å². The zero-order valence-electron chi connectivity index (χ0n) is 12.1. The van der Waals surface area contributed by atoms with Crippen molar-refractivity contribution in [1.29, 1.82) is 0 Å². The van der Waals surface area contributed by atoms with Crippen LogP contribution in [0.5, 0.6) is 11.5 Å². The van der Waals surface area contributed by atoms with Crippen molar-refractivity contribution in [2.75, 3.05) is 6.54 Å². The van der Waals surface area contributed by atoms with Crippen LogP contribution >= 0.6 is 23.2 Å². The highest BCUT2D eigenvalue weighted by Crippen LogP contribution is 2.32. The molecule has 0 aliphatic carbocycles. The van der Waals surface area contributed by atoms with E-state index >= 15 is 0 Å². The minimum Gasteiger partial charge on any atom is -0.457 e. The number of rotatable bonds is 5. The van der Waals surface area contributed by atoms with E-state index in [9.17, 15) is 0 Å². The third-order valence-corrected chi connectivity index (χ3v) is 4.03. The van der Waals surface area contributed by atoms with E-state index in [0.717, 1.165) is 17.0 Å². The Bertz CT molecular complexity index is 806. The summed E-state index contributed by atoms with van der Waals surface area (Å²) >= 11 is 11.9. The molecule has 0 saturated carbocycles. The van der Waals surface area contributed by atoms with E-state index in [1.165, 1.54) is 0 Å². The highest BCUT2D eigenvalue weighted by Gasteiger charge is 2.09. The lowest BCUT2D eigenvalue weighted by Crippen LogP contribution is -2.05. The van der Waals surface area contributed by atoms with Gasteiger partial charge in [0.2, 0.25) is 0 Å². The second-order valence-corrected chi connectivity index (χ2v) is 5.69. The third kappa shape index (κ3) is 3.64. The Hall–Kier alpha value is -2.08. The largest absolute Gasteiger partial charge is 0.457 e. The summed E-state index contributed by atoms with van der Waals surface area (Å²) in [5, 5.41) is 8.56. The van der Waals surface area contributed by atoms with Crippen molar-refractivity contribution in [3.63, 3.8) is 0 Å². The Morgan fingerprint density at radius 3 is 2.48 bits per heavy atom.